The summed E-state index contributed by atoms with van der Waals surface area (Å²) in [5.41, 5.74) is 6.89. The summed E-state index contributed by atoms with van der Waals surface area (Å²) in [7, 11) is 0. The van der Waals surface area contributed by atoms with Crippen LogP contribution in [0.25, 0.3) is 10.9 Å². The number of hydrogen-bond acceptors (Lipinski definition) is 9. The number of aromatic amines is 1. The van der Waals surface area contributed by atoms with E-state index in [4.69, 9.17) is 10.8 Å². The van der Waals surface area contributed by atoms with Crippen LogP contribution < -0.4 is 21.7 Å². The first-order valence-electron chi connectivity index (χ1n) is 18.0. The number of hydrogen-bond donors (Lipinski definition) is 8. The Labute approximate surface area is 308 Å². The molecule has 5 atom stereocenters. The molecule has 9 N–H and O–H groups in total. The van der Waals surface area contributed by atoms with Crippen LogP contribution in [-0.2, 0) is 44.8 Å². The van der Waals surface area contributed by atoms with Gasteiger partial charge in [-0.3, -0.25) is 38.4 Å². The largest absolute Gasteiger partial charge is 0.481 e. The number of H-pyrrole nitrogens is 1. The number of carbonyl (C=O) groups is 8. The fourth-order valence-corrected chi connectivity index (χ4v) is 5.94. The first-order valence-corrected chi connectivity index (χ1v) is 18.0. The monoisotopic (exact) mass is 743 g/mol. The van der Waals surface area contributed by atoms with Gasteiger partial charge in [-0.25, -0.2) is 0 Å². The maximum absolute atomic E-state index is 13.8. The molecule has 0 unspecified atom stereocenters. The van der Waals surface area contributed by atoms with Crippen molar-refractivity contribution in [1.29, 1.82) is 0 Å². The van der Waals surface area contributed by atoms with Gasteiger partial charge in [0.2, 0.25) is 23.6 Å². The molecule has 0 radical (unpaired) electrons. The lowest BCUT2D eigenvalue weighted by atomic mass is 9.92. The molecular formula is C37H53N5O11. The van der Waals surface area contributed by atoms with Gasteiger partial charge in [0.25, 0.3) is 0 Å². The number of Topliss-reactive ketones (excluding diaryl/α,β-unsaturated/α-hetero) is 2. The number of fused-ring (bicyclic) bond motifs is 1. The highest BCUT2D eigenvalue weighted by atomic mass is 16.4. The number of aliphatic carboxylic acids is 2. The predicted molar refractivity (Wildman–Crippen MR) is 193 cm³/mol. The Bertz CT molecular complexity index is 1590. The van der Waals surface area contributed by atoms with E-state index in [-0.39, 0.29) is 18.7 Å². The maximum Gasteiger partial charge on any atom is 0.304 e. The highest BCUT2D eigenvalue weighted by molar-refractivity contribution is 5.99. The molecule has 2 aromatic rings. The number of rotatable bonds is 27. The summed E-state index contributed by atoms with van der Waals surface area (Å²) in [5, 5.41) is 36.7. The third-order valence-corrected chi connectivity index (χ3v) is 8.82. The number of aliphatic hydroxyl groups is 1. The van der Waals surface area contributed by atoms with Gasteiger partial charge in [-0.15, -0.1) is 0 Å². The number of carboxylic acids is 2. The number of carboxylic acid groups (broad SMARTS) is 2. The number of ketones is 2. The minimum absolute atomic E-state index is 0.0107. The summed E-state index contributed by atoms with van der Waals surface area (Å²) >= 11 is 0. The zero-order chi connectivity index (χ0) is 39.5. The maximum atomic E-state index is 13.8. The zero-order valence-corrected chi connectivity index (χ0v) is 30.4. The van der Waals surface area contributed by atoms with Crippen LogP contribution in [0.3, 0.4) is 0 Å². The van der Waals surface area contributed by atoms with E-state index in [1.807, 2.05) is 24.3 Å². The van der Waals surface area contributed by atoms with Crippen LogP contribution >= 0.6 is 0 Å². The number of unbranched alkanes of at least 4 members (excludes halogenated alkanes) is 6. The van der Waals surface area contributed by atoms with E-state index in [0.29, 0.717) is 12.0 Å². The summed E-state index contributed by atoms with van der Waals surface area (Å²) in [5.74, 6) is -9.45. The van der Waals surface area contributed by atoms with Crippen molar-refractivity contribution in [3.05, 3.63) is 36.0 Å². The third-order valence-electron chi connectivity index (χ3n) is 8.82. The number of para-hydroxylation sites is 1. The van der Waals surface area contributed by atoms with Crippen molar-refractivity contribution in [3.63, 3.8) is 0 Å². The number of aliphatic hydroxyl groups excluding tert-OH is 1. The van der Waals surface area contributed by atoms with Crippen LogP contribution in [0.15, 0.2) is 30.5 Å². The molecule has 0 saturated heterocycles. The molecule has 0 aliphatic rings. The molecule has 0 saturated carbocycles. The van der Waals surface area contributed by atoms with E-state index in [1.165, 1.54) is 6.92 Å². The van der Waals surface area contributed by atoms with Gasteiger partial charge in [0.05, 0.1) is 37.3 Å². The zero-order valence-electron chi connectivity index (χ0n) is 30.4. The number of carbonyl (C=O) groups excluding carboxylic acids is 6. The SMILES string of the molecule is CCCCCCCCCC(=O)N[C@@H](Cc1c[nH]c2ccccc12)C(=O)N[C@H](CC(N)=O)C(=O)C[C@@H](CC(=O)O)C(=O)N[C@H](C(=O)CCC(=O)O)[C@@H](C)O. The molecule has 292 valence electrons. The van der Waals surface area contributed by atoms with Gasteiger partial charge in [0.1, 0.15) is 12.1 Å². The molecule has 1 aromatic heterocycles. The van der Waals surface area contributed by atoms with Crippen molar-refractivity contribution in [3.8, 4) is 0 Å². The number of primary amides is 1. The number of nitrogens with one attached hydrogen (secondary N) is 4. The number of aromatic nitrogens is 1. The molecule has 53 heavy (non-hydrogen) atoms. The molecule has 0 aliphatic heterocycles. The van der Waals surface area contributed by atoms with Gasteiger partial charge in [0, 0.05) is 42.8 Å². The minimum Gasteiger partial charge on any atom is -0.481 e. The smallest absolute Gasteiger partial charge is 0.304 e. The highest BCUT2D eigenvalue weighted by Gasteiger charge is 2.35. The molecular weight excluding hydrogens is 690 g/mol. The summed E-state index contributed by atoms with van der Waals surface area (Å²) in [6.45, 7) is 3.29. The molecule has 0 fully saturated rings. The van der Waals surface area contributed by atoms with Crippen molar-refractivity contribution in [2.75, 3.05) is 0 Å². The Kier molecular flexibility index (Phi) is 18.9. The van der Waals surface area contributed by atoms with Gasteiger partial charge in [-0.1, -0.05) is 63.6 Å². The second kappa shape index (κ2) is 22.7. The van der Waals surface area contributed by atoms with E-state index in [2.05, 4.69) is 27.9 Å². The molecule has 1 aromatic carbocycles. The molecule has 4 amide bonds. The van der Waals surface area contributed by atoms with E-state index in [9.17, 15) is 48.6 Å². The van der Waals surface area contributed by atoms with E-state index in [1.54, 1.807) is 6.20 Å². The molecule has 16 heteroatoms. The molecule has 2 rings (SSSR count). The Morgan fingerprint density at radius 1 is 0.736 bits per heavy atom. The number of amides is 4. The topological polar surface area (TPSA) is 275 Å². The fourth-order valence-electron chi connectivity index (χ4n) is 5.94. The molecule has 1 heterocycles. The fraction of sp³-hybridized carbons (Fsp3) is 0.568. The normalized spacial score (nSPS) is 13.9. The van der Waals surface area contributed by atoms with Crippen LogP contribution in [0.2, 0.25) is 0 Å². The highest BCUT2D eigenvalue weighted by Crippen LogP contribution is 2.20. The predicted octanol–water partition coefficient (Wildman–Crippen LogP) is 2.05. The second-order valence-corrected chi connectivity index (χ2v) is 13.3. The van der Waals surface area contributed by atoms with Gasteiger partial charge in [-0.2, -0.15) is 0 Å². The van der Waals surface area contributed by atoms with Crippen LogP contribution in [0.4, 0.5) is 0 Å². The lowest BCUT2D eigenvalue weighted by molar-refractivity contribution is -0.143. The van der Waals surface area contributed by atoms with Crippen molar-refractivity contribution in [1.82, 2.24) is 20.9 Å². The Balaban J connectivity index is 2.26. The third kappa shape index (κ3) is 16.0. The first kappa shape index (κ1) is 44.0. The average Bonchev–Trinajstić information content (AvgIpc) is 3.50. The van der Waals surface area contributed by atoms with Gasteiger partial charge in [0.15, 0.2) is 11.6 Å². The minimum atomic E-state index is -1.62. The van der Waals surface area contributed by atoms with Crippen molar-refractivity contribution in [2.45, 2.75) is 128 Å². The van der Waals surface area contributed by atoms with Crippen molar-refractivity contribution in [2.24, 2.45) is 11.7 Å². The summed E-state index contributed by atoms with van der Waals surface area (Å²) in [6, 6.07) is 2.92. The van der Waals surface area contributed by atoms with E-state index < -0.39 is 103 Å². The van der Waals surface area contributed by atoms with E-state index in [0.717, 1.165) is 49.4 Å². The lowest BCUT2D eigenvalue weighted by Gasteiger charge is -2.25. The Hall–Kier alpha value is -5.12. The number of nitrogens with two attached hydrogens (primary N) is 1. The molecule has 0 aliphatic carbocycles. The van der Waals surface area contributed by atoms with Gasteiger partial charge in [-0.05, 0) is 25.0 Å². The quantitative estimate of drug-likeness (QED) is 0.0613. The Morgan fingerprint density at radius 2 is 1.40 bits per heavy atom. The summed E-state index contributed by atoms with van der Waals surface area (Å²) in [4.78, 5) is 104. The van der Waals surface area contributed by atoms with E-state index >= 15 is 0 Å². The van der Waals surface area contributed by atoms with Crippen LogP contribution in [-0.4, -0.2) is 91.7 Å². The number of benzene rings is 1. The van der Waals surface area contributed by atoms with Crippen LogP contribution in [0.5, 0.6) is 0 Å². The van der Waals surface area contributed by atoms with Crippen LogP contribution in [0, 0.1) is 5.92 Å². The van der Waals surface area contributed by atoms with Crippen molar-refractivity contribution < 1.29 is 53.7 Å². The Morgan fingerprint density at radius 3 is 2.02 bits per heavy atom. The second-order valence-electron chi connectivity index (χ2n) is 13.3. The molecule has 0 spiro atoms. The molecule has 0 bridgehead atoms. The summed E-state index contributed by atoms with van der Waals surface area (Å²) < 4.78 is 0. The van der Waals surface area contributed by atoms with Crippen molar-refractivity contribution >= 4 is 58.0 Å². The molecule has 16 nitrogen and oxygen atoms in total. The van der Waals surface area contributed by atoms with Crippen LogP contribution in [0.1, 0.15) is 103 Å². The van der Waals surface area contributed by atoms with Gasteiger partial charge >= 0.3 is 11.9 Å². The average molecular weight is 744 g/mol. The standard InChI is InChI=1S/C37H53N5O11/c1-3-4-5-6-7-8-9-14-32(47)40-28(17-24-21-39-26-13-11-10-12-25(24)26)37(53)41-27(20-31(38)46)30(45)18-23(19-34(50)51)36(52)42-35(22(2)43)29(44)15-16-33(48)49/h10-13,21-23,27-28,35,39,43H,3-9,14-20H2,1-2H3,(H2,38,46)(H,40,47)(H,41,53)(H,42,52)(H,48,49)(H,50,51)/t22-,23+,27-,28+,35+/m1/s1. The summed E-state index contributed by atoms with van der Waals surface area (Å²) in [6.07, 6.45) is 3.73. The van der Waals surface area contributed by atoms with Gasteiger partial charge < -0.3 is 42.0 Å². The lowest BCUT2D eigenvalue weighted by Crippen LogP contribution is -2.54. The first-order chi connectivity index (χ1) is 25.1.